The second-order valence-electron chi connectivity index (χ2n) is 2.97. The van der Waals surface area contributed by atoms with Gasteiger partial charge in [-0.2, -0.15) is 4.98 Å². The second kappa shape index (κ2) is 5.78. The fourth-order valence-corrected chi connectivity index (χ4v) is 1.21. The fourth-order valence-electron chi connectivity index (χ4n) is 1.21. The number of H-pyrrole nitrogens is 1. The maximum Gasteiger partial charge on any atom is 0.280 e. The number of anilines is 1. The van der Waals surface area contributed by atoms with E-state index in [1.54, 1.807) is 25.0 Å². The molecular weight excluding hydrogens is 220 g/mol. The third kappa shape index (κ3) is 2.68. The van der Waals surface area contributed by atoms with E-state index in [1.807, 2.05) is 13.8 Å². The van der Waals surface area contributed by atoms with Crippen LogP contribution >= 0.6 is 0 Å². The molecule has 0 saturated heterocycles. The average molecular weight is 236 g/mol. The van der Waals surface area contributed by atoms with Crippen molar-refractivity contribution in [3.63, 3.8) is 0 Å². The van der Waals surface area contributed by atoms with Crippen LogP contribution in [0.1, 0.15) is 13.8 Å². The smallest absolute Gasteiger partial charge is 0.280 e. The first-order valence-corrected chi connectivity index (χ1v) is 5.31. The molecule has 0 atom stereocenters. The van der Waals surface area contributed by atoms with E-state index in [0.29, 0.717) is 17.1 Å². The summed E-state index contributed by atoms with van der Waals surface area (Å²) in [5, 5.41) is 2.74. The lowest BCUT2D eigenvalue weighted by molar-refractivity contribution is 0.929. The number of hydrogen-bond acceptors (Lipinski definition) is 4. The molecule has 17 heavy (non-hydrogen) atoms. The number of imidazole rings is 1. The van der Waals surface area contributed by atoms with Crippen molar-refractivity contribution in [3.05, 3.63) is 16.7 Å². The molecule has 7 heteroatoms. The summed E-state index contributed by atoms with van der Waals surface area (Å²) in [6.45, 7) is 4.00. The van der Waals surface area contributed by atoms with E-state index in [1.165, 1.54) is 6.34 Å². The van der Waals surface area contributed by atoms with E-state index < -0.39 is 0 Å². The van der Waals surface area contributed by atoms with Crippen LogP contribution in [0, 0.1) is 0 Å². The maximum absolute atomic E-state index is 11.5. The van der Waals surface area contributed by atoms with Crippen molar-refractivity contribution in [1.82, 2.24) is 19.5 Å². The van der Waals surface area contributed by atoms with Gasteiger partial charge in [-0.05, 0) is 0 Å². The van der Waals surface area contributed by atoms with E-state index in [-0.39, 0.29) is 5.56 Å². The van der Waals surface area contributed by atoms with Gasteiger partial charge in [-0.3, -0.25) is 14.8 Å². The first kappa shape index (κ1) is 12.9. The number of nitrogens with one attached hydrogen (secondary N) is 2. The third-order valence-electron chi connectivity index (χ3n) is 1.90. The van der Waals surface area contributed by atoms with Gasteiger partial charge >= 0.3 is 0 Å². The minimum absolute atomic E-state index is 0.271. The molecule has 0 spiro atoms. The molecule has 0 bridgehead atoms. The van der Waals surface area contributed by atoms with E-state index in [9.17, 15) is 4.79 Å². The topological polar surface area (TPSA) is 88.0 Å². The summed E-state index contributed by atoms with van der Waals surface area (Å²) in [4.78, 5) is 25.9. The van der Waals surface area contributed by atoms with Crippen molar-refractivity contribution in [1.29, 1.82) is 0 Å². The minimum atomic E-state index is -0.271. The number of aromatic amines is 1. The van der Waals surface area contributed by atoms with Gasteiger partial charge in [0.2, 0.25) is 5.95 Å². The van der Waals surface area contributed by atoms with Gasteiger partial charge in [0.05, 0.1) is 12.7 Å². The highest BCUT2D eigenvalue weighted by Gasteiger charge is 2.06. The average Bonchev–Trinajstić information content (AvgIpc) is 2.72. The quantitative estimate of drug-likeness (QED) is 0.595. The number of aryl methyl sites for hydroxylation is 1. The Hall–Kier alpha value is -2.18. The summed E-state index contributed by atoms with van der Waals surface area (Å²) in [5.74, 6) is 0.349. The molecular formula is C10H16N6O. The van der Waals surface area contributed by atoms with Crippen LogP contribution in [0.25, 0.3) is 11.2 Å². The molecule has 2 rings (SSSR count). The monoisotopic (exact) mass is 236 g/mol. The Bertz CT molecular complexity index is 568. The molecule has 0 amide bonds. The SMILES string of the molecule is CC.CN=CNc1nc2c(ncn2C)c(=O)[nH]1. The molecule has 2 N–H and O–H groups in total. The van der Waals surface area contributed by atoms with E-state index >= 15 is 0 Å². The van der Waals surface area contributed by atoms with Gasteiger partial charge in [0, 0.05) is 14.1 Å². The van der Waals surface area contributed by atoms with Crippen molar-refractivity contribution in [2.24, 2.45) is 12.0 Å². The molecule has 2 aromatic rings. The normalized spacial score (nSPS) is 10.4. The van der Waals surface area contributed by atoms with Gasteiger partial charge in [0.25, 0.3) is 5.56 Å². The van der Waals surface area contributed by atoms with Gasteiger partial charge in [-0.1, -0.05) is 13.8 Å². The zero-order valence-electron chi connectivity index (χ0n) is 10.4. The molecule has 0 unspecified atom stereocenters. The highest BCUT2D eigenvalue weighted by molar-refractivity contribution is 5.76. The molecule has 0 aliphatic heterocycles. The molecule has 0 fully saturated rings. The number of nitrogens with zero attached hydrogens (tertiary/aromatic N) is 4. The molecule has 0 aliphatic rings. The molecule has 0 aliphatic carbocycles. The first-order chi connectivity index (χ1) is 8.22. The predicted octanol–water partition coefficient (Wildman–Crippen LogP) is 0.753. The number of fused-ring (bicyclic) bond motifs is 1. The van der Waals surface area contributed by atoms with Crippen molar-refractivity contribution in [2.75, 3.05) is 12.4 Å². The fraction of sp³-hybridized carbons (Fsp3) is 0.400. The Kier molecular flexibility index (Phi) is 4.38. The van der Waals surface area contributed by atoms with Gasteiger partial charge in [0.15, 0.2) is 11.2 Å². The van der Waals surface area contributed by atoms with Gasteiger partial charge in [-0.15, -0.1) is 0 Å². The third-order valence-corrected chi connectivity index (χ3v) is 1.90. The zero-order valence-corrected chi connectivity index (χ0v) is 10.4. The Morgan fingerprint density at radius 2 is 2.24 bits per heavy atom. The molecule has 2 heterocycles. The standard InChI is InChI=1S/C8H10N6O.C2H6/c1-9-3-10-8-12-6-5(7(15)13-8)11-4-14(6)2;1-2/h3-4H,1-2H3,(H2,9,10,12,13,15);1-2H3. The van der Waals surface area contributed by atoms with Crippen LogP contribution < -0.4 is 10.9 Å². The van der Waals surface area contributed by atoms with Crippen LogP contribution in [-0.4, -0.2) is 32.9 Å². The number of aliphatic imine (C=N–C) groups is 1. The Labute approximate surface area is 98.6 Å². The lowest BCUT2D eigenvalue weighted by Gasteiger charge is -1.99. The van der Waals surface area contributed by atoms with E-state index in [2.05, 4.69) is 25.3 Å². The van der Waals surface area contributed by atoms with Crippen LogP contribution in [0.15, 0.2) is 16.1 Å². The van der Waals surface area contributed by atoms with Crippen LogP contribution in [0.3, 0.4) is 0 Å². The van der Waals surface area contributed by atoms with Crippen molar-refractivity contribution in [2.45, 2.75) is 13.8 Å². The summed E-state index contributed by atoms with van der Waals surface area (Å²) in [6.07, 6.45) is 2.99. The van der Waals surface area contributed by atoms with Crippen molar-refractivity contribution < 1.29 is 0 Å². The number of aromatic nitrogens is 4. The van der Waals surface area contributed by atoms with Crippen molar-refractivity contribution >= 4 is 23.5 Å². The van der Waals surface area contributed by atoms with Gasteiger partial charge in [-0.25, -0.2) is 4.98 Å². The van der Waals surface area contributed by atoms with Crippen LogP contribution in [0.2, 0.25) is 0 Å². The second-order valence-corrected chi connectivity index (χ2v) is 2.97. The highest BCUT2D eigenvalue weighted by Crippen LogP contribution is 2.04. The van der Waals surface area contributed by atoms with E-state index in [0.717, 1.165) is 0 Å². The minimum Gasteiger partial charge on any atom is -0.318 e. The summed E-state index contributed by atoms with van der Waals surface area (Å²) in [7, 11) is 3.40. The summed E-state index contributed by atoms with van der Waals surface area (Å²) < 4.78 is 1.68. The number of hydrogen-bond donors (Lipinski definition) is 2. The van der Waals surface area contributed by atoms with Crippen LogP contribution in [0.4, 0.5) is 5.95 Å². The lowest BCUT2D eigenvalue weighted by Crippen LogP contribution is -2.13. The molecule has 2 aromatic heterocycles. The highest BCUT2D eigenvalue weighted by atomic mass is 16.1. The number of rotatable bonds is 2. The van der Waals surface area contributed by atoms with Crippen LogP contribution in [0.5, 0.6) is 0 Å². The molecule has 0 radical (unpaired) electrons. The van der Waals surface area contributed by atoms with Crippen molar-refractivity contribution in [3.8, 4) is 0 Å². The molecule has 0 saturated carbocycles. The largest absolute Gasteiger partial charge is 0.318 e. The summed E-state index contributed by atoms with van der Waals surface area (Å²) in [6, 6.07) is 0. The molecule has 92 valence electrons. The predicted molar refractivity (Wildman–Crippen MR) is 68.5 cm³/mol. The zero-order chi connectivity index (χ0) is 12.8. The maximum atomic E-state index is 11.5. The molecule has 7 nitrogen and oxygen atoms in total. The first-order valence-electron chi connectivity index (χ1n) is 5.31. The Morgan fingerprint density at radius 3 is 2.88 bits per heavy atom. The summed E-state index contributed by atoms with van der Waals surface area (Å²) in [5.41, 5.74) is 0.592. The van der Waals surface area contributed by atoms with Gasteiger partial charge < -0.3 is 9.88 Å². The molecule has 0 aromatic carbocycles. The lowest BCUT2D eigenvalue weighted by atomic mass is 10.5. The summed E-state index contributed by atoms with van der Waals surface area (Å²) >= 11 is 0. The van der Waals surface area contributed by atoms with E-state index in [4.69, 9.17) is 0 Å². The van der Waals surface area contributed by atoms with Gasteiger partial charge in [0.1, 0.15) is 0 Å². The Balaban J connectivity index is 0.000000686. The van der Waals surface area contributed by atoms with Crippen LogP contribution in [-0.2, 0) is 7.05 Å². The Morgan fingerprint density at radius 1 is 1.53 bits per heavy atom.